The number of alkyl halides is 3. The molecule has 0 radical (unpaired) electrons. The van der Waals surface area contributed by atoms with Gasteiger partial charge in [-0.3, -0.25) is 4.79 Å². The molecule has 0 aliphatic heterocycles. The molecule has 0 heterocycles. The van der Waals surface area contributed by atoms with E-state index in [4.69, 9.17) is 10.1 Å². The van der Waals surface area contributed by atoms with Gasteiger partial charge in [-0.2, -0.15) is 13.2 Å². The Balaban J connectivity index is 2.89. The van der Waals surface area contributed by atoms with E-state index < -0.39 is 29.8 Å². The van der Waals surface area contributed by atoms with Crippen molar-refractivity contribution in [3.63, 3.8) is 0 Å². The Morgan fingerprint density at radius 3 is 2.50 bits per heavy atom. The van der Waals surface area contributed by atoms with Crippen molar-refractivity contribution in [2.24, 2.45) is 0 Å². The van der Waals surface area contributed by atoms with Crippen molar-refractivity contribution < 1.29 is 27.8 Å². The number of Topliss-reactive ketones (excluding diaryl/α,β-unsaturated/α-hetero) is 1. The second kappa shape index (κ2) is 5.07. The van der Waals surface area contributed by atoms with Crippen molar-refractivity contribution in [1.82, 2.24) is 0 Å². The summed E-state index contributed by atoms with van der Waals surface area (Å²) in [5.74, 6) is -1.18. The van der Waals surface area contributed by atoms with E-state index in [1.54, 1.807) is 0 Å². The van der Waals surface area contributed by atoms with Gasteiger partial charge in [-0.25, -0.2) is 0 Å². The molecule has 0 saturated carbocycles. The Labute approximate surface area is 101 Å². The summed E-state index contributed by atoms with van der Waals surface area (Å²) >= 11 is 0. The van der Waals surface area contributed by atoms with Gasteiger partial charge in [0.1, 0.15) is 17.2 Å². The molecule has 0 saturated heterocycles. The van der Waals surface area contributed by atoms with Crippen LogP contribution >= 0.6 is 0 Å². The number of hydrogen-bond acceptors (Lipinski definition) is 4. The van der Waals surface area contributed by atoms with Crippen LogP contribution in [-0.2, 0) is 0 Å². The number of aromatic hydroxyl groups is 1. The number of carbonyl (C=O) groups is 1. The van der Waals surface area contributed by atoms with Gasteiger partial charge in [0.15, 0.2) is 5.78 Å². The zero-order valence-corrected chi connectivity index (χ0v) is 9.34. The van der Waals surface area contributed by atoms with Gasteiger partial charge in [-0.15, -0.1) is 0 Å². The summed E-state index contributed by atoms with van der Waals surface area (Å²) in [5, 5.41) is 16.2. The lowest BCUT2D eigenvalue weighted by molar-refractivity contribution is -0.0609. The maximum Gasteiger partial charge on any atom is 0.429 e. The van der Waals surface area contributed by atoms with Crippen LogP contribution in [0.5, 0.6) is 11.5 Å². The second-order valence-corrected chi connectivity index (χ2v) is 3.46. The highest BCUT2D eigenvalue weighted by molar-refractivity contribution is 6.11. The minimum atomic E-state index is -4.84. The first kappa shape index (κ1) is 14.0. The molecule has 2 N–H and O–H groups in total. The fourth-order valence-corrected chi connectivity index (χ4v) is 1.23. The van der Waals surface area contributed by atoms with Crippen LogP contribution in [0.3, 0.4) is 0 Å². The van der Waals surface area contributed by atoms with E-state index in [-0.39, 0.29) is 11.3 Å². The fraction of sp³-hybridized carbons (Fsp3) is 0.273. The van der Waals surface area contributed by atoms with Crippen molar-refractivity contribution >= 4 is 11.5 Å². The number of halogens is 3. The Morgan fingerprint density at radius 2 is 2.06 bits per heavy atom. The van der Waals surface area contributed by atoms with Crippen molar-refractivity contribution in [2.45, 2.75) is 12.6 Å². The van der Waals surface area contributed by atoms with Crippen LogP contribution in [0.4, 0.5) is 13.2 Å². The van der Waals surface area contributed by atoms with E-state index in [0.29, 0.717) is 0 Å². The third kappa shape index (κ3) is 3.22. The smallest absolute Gasteiger partial charge is 0.429 e. The lowest BCUT2D eigenvalue weighted by Gasteiger charge is -2.09. The molecule has 0 aromatic heterocycles. The molecule has 7 heteroatoms. The van der Waals surface area contributed by atoms with Gasteiger partial charge >= 0.3 is 6.18 Å². The summed E-state index contributed by atoms with van der Waals surface area (Å²) in [6, 6.07) is 3.61. The molecule has 0 fully saturated rings. The Morgan fingerprint density at radius 1 is 1.44 bits per heavy atom. The van der Waals surface area contributed by atoms with Gasteiger partial charge in [-0.05, 0) is 12.1 Å². The number of nitrogens with one attached hydrogen (secondary N) is 1. The molecule has 1 rings (SSSR count). The number of phenols is 1. The van der Waals surface area contributed by atoms with Gasteiger partial charge in [0.25, 0.3) is 0 Å². The van der Waals surface area contributed by atoms with Gasteiger partial charge in [-0.1, -0.05) is 0 Å². The Bertz CT molecular complexity index is 483. The molecule has 0 unspecified atom stereocenters. The molecule has 1 aromatic carbocycles. The summed E-state index contributed by atoms with van der Waals surface area (Å²) in [5.41, 5.74) is -1.92. The van der Waals surface area contributed by atoms with E-state index in [1.807, 2.05) is 0 Å². The monoisotopic (exact) mass is 261 g/mol. The SMILES string of the molecule is COc1ccc(C(=O)CC(=N)C(F)(F)F)c(O)c1. The van der Waals surface area contributed by atoms with Crippen LogP contribution in [0, 0.1) is 5.41 Å². The fourth-order valence-electron chi connectivity index (χ4n) is 1.23. The summed E-state index contributed by atoms with van der Waals surface area (Å²) in [6.45, 7) is 0. The number of benzene rings is 1. The number of phenolic OH excluding ortho intramolecular Hbond substituents is 1. The molecule has 0 aliphatic carbocycles. The minimum absolute atomic E-state index is 0.273. The predicted molar refractivity (Wildman–Crippen MR) is 57.4 cm³/mol. The number of ether oxygens (including phenoxy) is 1. The van der Waals surface area contributed by atoms with E-state index in [1.165, 1.54) is 13.2 Å². The van der Waals surface area contributed by atoms with Gasteiger partial charge in [0.05, 0.1) is 19.1 Å². The molecular formula is C11H10F3NO3. The normalized spacial score (nSPS) is 11.1. The third-order valence-corrected chi connectivity index (χ3v) is 2.18. The predicted octanol–water partition coefficient (Wildman–Crippen LogP) is 2.56. The van der Waals surface area contributed by atoms with Crippen molar-refractivity contribution in [2.75, 3.05) is 7.11 Å². The van der Waals surface area contributed by atoms with Crippen LogP contribution in [0.15, 0.2) is 18.2 Å². The molecule has 0 bridgehead atoms. The third-order valence-electron chi connectivity index (χ3n) is 2.18. The molecule has 4 nitrogen and oxygen atoms in total. The van der Waals surface area contributed by atoms with Crippen LogP contribution in [0.1, 0.15) is 16.8 Å². The standard InChI is InChI=1S/C11H10F3NO3/c1-18-6-2-3-7(8(16)4-6)9(17)5-10(15)11(12,13)14/h2-4,15-16H,5H2,1H3. The topological polar surface area (TPSA) is 70.4 Å². The number of ketones is 1. The zero-order chi connectivity index (χ0) is 13.9. The van der Waals surface area contributed by atoms with Gasteiger partial charge in [0.2, 0.25) is 0 Å². The maximum absolute atomic E-state index is 12.1. The summed E-state index contributed by atoms with van der Waals surface area (Å²) in [6.07, 6.45) is -5.94. The first-order chi connectivity index (χ1) is 8.25. The van der Waals surface area contributed by atoms with Crippen LogP contribution in [-0.4, -0.2) is 29.9 Å². The minimum Gasteiger partial charge on any atom is -0.507 e. The van der Waals surface area contributed by atoms with E-state index in [9.17, 15) is 23.1 Å². The van der Waals surface area contributed by atoms with E-state index in [2.05, 4.69) is 0 Å². The summed E-state index contributed by atoms with van der Waals surface area (Å²) < 4.78 is 41.0. The molecule has 0 spiro atoms. The molecule has 1 aromatic rings. The first-order valence-electron chi connectivity index (χ1n) is 4.80. The van der Waals surface area contributed by atoms with E-state index in [0.717, 1.165) is 12.1 Å². The zero-order valence-electron chi connectivity index (χ0n) is 9.34. The number of rotatable bonds is 4. The molecule has 0 aliphatic rings. The first-order valence-corrected chi connectivity index (χ1v) is 4.80. The van der Waals surface area contributed by atoms with Crippen molar-refractivity contribution in [3.05, 3.63) is 23.8 Å². The molecule has 0 atom stereocenters. The largest absolute Gasteiger partial charge is 0.507 e. The lowest BCUT2D eigenvalue weighted by atomic mass is 10.0. The maximum atomic E-state index is 12.1. The molecular weight excluding hydrogens is 251 g/mol. The van der Waals surface area contributed by atoms with Crippen LogP contribution in [0.25, 0.3) is 0 Å². The van der Waals surface area contributed by atoms with Crippen molar-refractivity contribution in [1.29, 1.82) is 5.41 Å². The molecule has 0 amide bonds. The quantitative estimate of drug-likeness (QED) is 0.646. The van der Waals surface area contributed by atoms with Gasteiger partial charge in [0, 0.05) is 6.07 Å². The Hall–Kier alpha value is -2.05. The Kier molecular flexibility index (Phi) is 3.95. The van der Waals surface area contributed by atoms with Crippen molar-refractivity contribution in [3.8, 4) is 11.5 Å². The van der Waals surface area contributed by atoms with Gasteiger partial charge < -0.3 is 15.3 Å². The highest BCUT2D eigenvalue weighted by Gasteiger charge is 2.35. The molecule has 98 valence electrons. The lowest BCUT2D eigenvalue weighted by Crippen LogP contribution is -2.24. The van der Waals surface area contributed by atoms with Crippen LogP contribution < -0.4 is 4.74 Å². The number of carbonyl (C=O) groups excluding carboxylic acids is 1. The average Bonchev–Trinajstić information content (AvgIpc) is 2.27. The number of methoxy groups -OCH3 is 1. The molecule has 18 heavy (non-hydrogen) atoms. The highest BCUT2D eigenvalue weighted by Crippen LogP contribution is 2.26. The average molecular weight is 261 g/mol. The van der Waals surface area contributed by atoms with Crippen LogP contribution in [0.2, 0.25) is 0 Å². The number of hydrogen-bond donors (Lipinski definition) is 2. The summed E-state index contributed by atoms with van der Waals surface area (Å²) in [7, 11) is 1.34. The summed E-state index contributed by atoms with van der Waals surface area (Å²) in [4.78, 5) is 11.5. The van der Waals surface area contributed by atoms with E-state index >= 15 is 0 Å². The second-order valence-electron chi connectivity index (χ2n) is 3.46. The highest BCUT2D eigenvalue weighted by atomic mass is 19.4.